The van der Waals surface area contributed by atoms with Crippen LogP contribution in [0.2, 0.25) is 0 Å². The predicted molar refractivity (Wildman–Crippen MR) is 78.0 cm³/mol. The molecule has 0 heterocycles. The Labute approximate surface area is 120 Å². The van der Waals surface area contributed by atoms with Crippen molar-refractivity contribution in [3.63, 3.8) is 0 Å². The van der Waals surface area contributed by atoms with Crippen LogP contribution in [0.5, 0.6) is 0 Å². The van der Waals surface area contributed by atoms with Crippen molar-refractivity contribution in [3.8, 4) is 6.07 Å². The average molecular weight is 293 g/mol. The van der Waals surface area contributed by atoms with E-state index >= 15 is 0 Å². The monoisotopic (exact) mass is 293 g/mol. The maximum absolute atomic E-state index is 12.5. The van der Waals surface area contributed by atoms with Crippen LogP contribution in [0.4, 0.5) is 5.69 Å². The third-order valence-electron chi connectivity index (χ3n) is 3.47. The number of rotatable bonds is 6. The Hall–Kier alpha value is -1.58. The molecular weight excluding hydrogens is 274 g/mol. The minimum Gasteiger partial charge on any atom is -0.399 e. The van der Waals surface area contributed by atoms with Crippen LogP contribution in [0.25, 0.3) is 0 Å². The molecule has 20 heavy (non-hydrogen) atoms. The standard InChI is InChI=1S/C14H19N3O2S/c1-2-14(9-15)20(18,19)17(13-7-8-13)10-11-3-5-12(16)6-4-11/h3-6,13-14H,2,7-8,10,16H2,1H3. The molecule has 0 amide bonds. The highest BCUT2D eigenvalue weighted by Gasteiger charge is 2.40. The molecule has 1 aliphatic carbocycles. The van der Waals surface area contributed by atoms with Gasteiger partial charge in [0.1, 0.15) is 0 Å². The Morgan fingerprint density at radius 2 is 2.00 bits per heavy atom. The summed E-state index contributed by atoms with van der Waals surface area (Å²) < 4.78 is 26.5. The number of benzene rings is 1. The Morgan fingerprint density at radius 1 is 1.40 bits per heavy atom. The Morgan fingerprint density at radius 3 is 2.45 bits per heavy atom. The van der Waals surface area contributed by atoms with Gasteiger partial charge < -0.3 is 5.73 Å². The highest BCUT2D eigenvalue weighted by molar-refractivity contribution is 7.90. The Kier molecular flexibility index (Phi) is 4.31. The summed E-state index contributed by atoms with van der Waals surface area (Å²) in [6.07, 6.45) is 2.05. The summed E-state index contributed by atoms with van der Waals surface area (Å²) in [5.41, 5.74) is 7.17. The second-order valence-electron chi connectivity index (χ2n) is 5.09. The third kappa shape index (κ3) is 3.11. The smallest absolute Gasteiger partial charge is 0.231 e. The zero-order chi connectivity index (χ0) is 14.8. The van der Waals surface area contributed by atoms with E-state index < -0.39 is 15.3 Å². The lowest BCUT2D eigenvalue weighted by molar-refractivity contribution is 0.394. The fraction of sp³-hybridized carbons (Fsp3) is 0.500. The molecule has 1 aromatic rings. The molecule has 1 saturated carbocycles. The van der Waals surface area contributed by atoms with E-state index in [2.05, 4.69) is 0 Å². The van der Waals surface area contributed by atoms with E-state index in [0.717, 1.165) is 18.4 Å². The van der Waals surface area contributed by atoms with Gasteiger partial charge in [-0.05, 0) is 37.0 Å². The van der Waals surface area contributed by atoms with Crippen LogP contribution < -0.4 is 5.73 Å². The summed E-state index contributed by atoms with van der Waals surface area (Å²) in [6, 6.07) is 9.11. The fourth-order valence-electron chi connectivity index (χ4n) is 2.12. The maximum Gasteiger partial charge on any atom is 0.231 e. The van der Waals surface area contributed by atoms with E-state index in [4.69, 9.17) is 11.0 Å². The minimum atomic E-state index is -3.57. The highest BCUT2D eigenvalue weighted by atomic mass is 32.2. The number of nitrogens with two attached hydrogens (primary N) is 1. The number of hydrogen-bond donors (Lipinski definition) is 1. The topological polar surface area (TPSA) is 87.2 Å². The molecule has 0 aromatic heterocycles. The first-order valence-electron chi connectivity index (χ1n) is 6.73. The molecule has 2 N–H and O–H groups in total. The highest BCUT2D eigenvalue weighted by Crippen LogP contribution is 2.32. The van der Waals surface area contributed by atoms with Crippen molar-refractivity contribution in [2.75, 3.05) is 5.73 Å². The molecule has 1 fully saturated rings. The lowest BCUT2D eigenvalue weighted by atomic mass is 10.2. The van der Waals surface area contributed by atoms with E-state index in [1.165, 1.54) is 4.31 Å². The summed E-state index contributed by atoms with van der Waals surface area (Å²) in [5, 5.41) is 8.08. The van der Waals surface area contributed by atoms with Crippen molar-refractivity contribution >= 4 is 15.7 Å². The van der Waals surface area contributed by atoms with Crippen LogP contribution in [-0.2, 0) is 16.6 Å². The summed E-state index contributed by atoms with van der Waals surface area (Å²) in [4.78, 5) is 0. The van der Waals surface area contributed by atoms with Gasteiger partial charge in [0.25, 0.3) is 0 Å². The molecule has 1 atom stereocenters. The molecule has 0 aliphatic heterocycles. The van der Waals surface area contributed by atoms with E-state index in [0.29, 0.717) is 18.7 Å². The van der Waals surface area contributed by atoms with Gasteiger partial charge in [-0.25, -0.2) is 8.42 Å². The number of nitrogens with zero attached hydrogens (tertiary/aromatic N) is 2. The van der Waals surface area contributed by atoms with Gasteiger partial charge in [0.15, 0.2) is 5.25 Å². The zero-order valence-corrected chi connectivity index (χ0v) is 12.3. The Balaban J connectivity index is 2.24. The summed E-state index contributed by atoms with van der Waals surface area (Å²) >= 11 is 0. The van der Waals surface area contributed by atoms with Gasteiger partial charge in [0.05, 0.1) is 6.07 Å². The lowest BCUT2D eigenvalue weighted by Crippen LogP contribution is -2.39. The van der Waals surface area contributed by atoms with Gasteiger partial charge in [-0.2, -0.15) is 9.57 Å². The first-order valence-corrected chi connectivity index (χ1v) is 8.24. The van der Waals surface area contributed by atoms with Gasteiger partial charge in [0.2, 0.25) is 10.0 Å². The van der Waals surface area contributed by atoms with E-state index in [-0.39, 0.29) is 6.04 Å². The van der Waals surface area contributed by atoms with Crippen molar-refractivity contribution in [3.05, 3.63) is 29.8 Å². The Bertz CT molecular complexity index is 600. The van der Waals surface area contributed by atoms with Crippen LogP contribution in [0.3, 0.4) is 0 Å². The number of sulfonamides is 1. The van der Waals surface area contributed by atoms with Crippen molar-refractivity contribution < 1.29 is 8.42 Å². The minimum absolute atomic E-state index is 0.0416. The first kappa shape index (κ1) is 14.8. The zero-order valence-electron chi connectivity index (χ0n) is 11.5. The molecule has 108 valence electrons. The van der Waals surface area contributed by atoms with Gasteiger partial charge in [-0.3, -0.25) is 0 Å². The maximum atomic E-state index is 12.5. The summed E-state index contributed by atoms with van der Waals surface area (Å²) in [7, 11) is -3.57. The molecule has 6 heteroatoms. The van der Waals surface area contributed by atoms with Crippen LogP contribution in [-0.4, -0.2) is 24.0 Å². The summed E-state index contributed by atoms with van der Waals surface area (Å²) in [5.74, 6) is 0. The molecule has 0 radical (unpaired) electrons. The molecule has 0 bridgehead atoms. The molecule has 0 spiro atoms. The van der Waals surface area contributed by atoms with E-state index in [1.807, 2.05) is 18.2 Å². The van der Waals surface area contributed by atoms with Gasteiger partial charge in [0, 0.05) is 18.3 Å². The van der Waals surface area contributed by atoms with Crippen molar-refractivity contribution in [1.29, 1.82) is 5.26 Å². The molecule has 5 nitrogen and oxygen atoms in total. The predicted octanol–water partition coefficient (Wildman–Crippen LogP) is 1.87. The van der Waals surface area contributed by atoms with Crippen LogP contribution in [0.15, 0.2) is 24.3 Å². The normalized spacial score (nSPS) is 16.9. The third-order valence-corrected chi connectivity index (χ3v) is 5.71. The lowest BCUT2D eigenvalue weighted by Gasteiger charge is -2.24. The van der Waals surface area contributed by atoms with E-state index in [1.54, 1.807) is 19.1 Å². The van der Waals surface area contributed by atoms with Crippen molar-refractivity contribution in [2.45, 2.75) is 44.0 Å². The van der Waals surface area contributed by atoms with Gasteiger partial charge in [-0.15, -0.1) is 0 Å². The molecule has 2 rings (SSSR count). The number of hydrogen-bond acceptors (Lipinski definition) is 4. The van der Waals surface area contributed by atoms with Crippen molar-refractivity contribution in [2.24, 2.45) is 0 Å². The molecule has 1 aliphatic rings. The molecule has 0 saturated heterocycles. The fourth-order valence-corrected chi connectivity index (χ4v) is 3.96. The average Bonchev–Trinajstić information content (AvgIpc) is 3.23. The van der Waals surface area contributed by atoms with Crippen LogP contribution in [0.1, 0.15) is 31.7 Å². The first-order chi connectivity index (χ1) is 9.48. The number of nitrogen functional groups attached to an aromatic ring is 1. The SMILES string of the molecule is CCC(C#N)S(=O)(=O)N(Cc1ccc(N)cc1)C1CC1. The quantitative estimate of drug-likeness (QED) is 0.811. The molecule has 1 unspecified atom stereocenters. The van der Waals surface area contributed by atoms with Gasteiger partial charge in [-0.1, -0.05) is 19.1 Å². The second-order valence-corrected chi connectivity index (χ2v) is 7.16. The number of nitriles is 1. The summed E-state index contributed by atoms with van der Waals surface area (Å²) in [6.45, 7) is 2.03. The van der Waals surface area contributed by atoms with Crippen molar-refractivity contribution in [1.82, 2.24) is 4.31 Å². The molecule has 1 aromatic carbocycles. The van der Waals surface area contributed by atoms with Crippen LogP contribution in [0, 0.1) is 11.3 Å². The van der Waals surface area contributed by atoms with E-state index in [9.17, 15) is 8.42 Å². The molecular formula is C14H19N3O2S. The largest absolute Gasteiger partial charge is 0.399 e. The second kappa shape index (κ2) is 5.81. The van der Waals surface area contributed by atoms with Crippen LogP contribution >= 0.6 is 0 Å². The van der Waals surface area contributed by atoms with Gasteiger partial charge >= 0.3 is 0 Å². The number of anilines is 1.